The second-order valence-electron chi connectivity index (χ2n) is 4.88. The quantitative estimate of drug-likeness (QED) is 0.757. The maximum atomic E-state index is 11.6. The van der Waals surface area contributed by atoms with Gasteiger partial charge in [0.05, 0.1) is 6.42 Å². The third-order valence-electron chi connectivity index (χ3n) is 3.23. The van der Waals surface area contributed by atoms with Crippen LogP contribution in [0.25, 0.3) is 0 Å². The molecule has 1 saturated heterocycles. The van der Waals surface area contributed by atoms with Crippen LogP contribution in [0.1, 0.15) is 12.0 Å². The Hall–Kier alpha value is -1.73. The molecule has 0 bridgehead atoms. The summed E-state index contributed by atoms with van der Waals surface area (Å²) in [7, 11) is 0. The Bertz CT molecular complexity index is 597. The molecule has 2 rings (SSSR count). The van der Waals surface area contributed by atoms with Crippen molar-refractivity contribution in [3.05, 3.63) is 34.9 Å². The number of esters is 1. The largest absolute Gasteiger partial charge is 0.456 e. The smallest absolute Gasteiger partial charge is 0.308 e. The van der Waals surface area contributed by atoms with Crippen molar-refractivity contribution >= 4 is 40.5 Å². The number of halogens is 1. The van der Waals surface area contributed by atoms with Crippen molar-refractivity contribution in [3.63, 3.8) is 0 Å². The molecule has 6 nitrogen and oxygen atoms in total. The summed E-state index contributed by atoms with van der Waals surface area (Å²) in [4.78, 5) is 36.2. The van der Waals surface area contributed by atoms with Gasteiger partial charge in [0.15, 0.2) is 6.61 Å². The average molecular weight is 357 g/mol. The van der Waals surface area contributed by atoms with Gasteiger partial charge < -0.3 is 15.0 Å². The lowest BCUT2D eigenvalue weighted by atomic mass is 10.2. The third-order valence-corrected chi connectivity index (χ3v) is 4.49. The number of carbonyl (C=O) groups excluding carboxylic acids is 3. The fraction of sp³-hybridized carbons (Fsp3) is 0.400. The van der Waals surface area contributed by atoms with Crippen molar-refractivity contribution in [3.8, 4) is 0 Å². The van der Waals surface area contributed by atoms with E-state index in [2.05, 4.69) is 5.32 Å². The maximum Gasteiger partial charge on any atom is 0.308 e. The highest BCUT2D eigenvalue weighted by Gasteiger charge is 2.21. The molecule has 0 saturated carbocycles. The maximum absolute atomic E-state index is 11.6. The highest BCUT2D eigenvalue weighted by atomic mass is 35.5. The molecule has 0 unspecified atom stereocenters. The van der Waals surface area contributed by atoms with E-state index in [0.717, 1.165) is 11.3 Å². The zero-order valence-corrected chi connectivity index (χ0v) is 14.0. The number of benzene rings is 1. The van der Waals surface area contributed by atoms with E-state index >= 15 is 0 Å². The first-order chi connectivity index (χ1) is 11.1. The predicted octanol–water partition coefficient (Wildman–Crippen LogP) is 2.06. The first-order valence-electron chi connectivity index (χ1n) is 7.13. The molecule has 1 N–H and O–H groups in total. The van der Waals surface area contributed by atoms with E-state index < -0.39 is 11.9 Å². The van der Waals surface area contributed by atoms with E-state index in [4.69, 9.17) is 16.3 Å². The van der Waals surface area contributed by atoms with Gasteiger partial charge in [-0.3, -0.25) is 14.4 Å². The Labute approximate surface area is 143 Å². The molecule has 124 valence electrons. The minimum atomic E-state index is -0.498. The second-order valence-corrected chi connectivity index (χ2v) is 6.33. The highest BCUT2D eigenvalue weighted by molar-refractivity contribution is 8.13. The molecule has 1 aliphatic heterocycles. The summed E-state index contributed by atoms with van der Waals surface area (Å²) in [5, 5.41) is 3.18. The lowest BCUT2D eigenvalue weighted by molar-refractivity contribution is -0.148. The Morgan fingerprint density at radius 2 is 2.13 bits per heavy atom. The molecule has 8 heteroatoms. The third kappa shape index (κ3) is 5.76. The van der Waals surface area contributed by atoms with E-state index in [9.17, 15) is 14.4 Å². The van der Waals surface area contributed by atoms with E-state index in [1.54, 1.807) is 23.1 Å². The number of thioether (sulfide) groups is 1. The van der Waals surface area contributed by atoms with Gasteiger partial charge in [0, 0.05) is 30.4 Å². The summed E-state index contributed by atoms with van der Waals surface area (Å²) in [6.07, 6.45) is 0.0874. The predicted molar refractivity (Wildman–Crippen MR) is 88.3 cm³/mol. The normalized spacial score (nSPS) is 14.0. The summed E-state index contributed by atoms with van der Waals surface area (Å²) in [5.41, 5.74) is 0.791. The lowest BCUT2D eigenvalue weighted by Crippen LogP contribution is -2.30. The van der Waals surface area contributed by atoms with Crippen molar-refractivity contribution in [2.75, 3.05) is 25.4 Å². The molecule has 0 aromatic heterocycles. The Kier molecular flexibility index (Phi) is 6.73. The van der Waals surface area contributed by atoms with Gasteiger partial charge in [-0.05, 0) is 11.6 Å². The van der Waals surface area contributed by atoms with Crippen LogP contribution in [0, 0.1) is 0 Å². The minimum absolute atomic E-state index is 0.0183. The topological polar surface area (TPSA) is 75.7 Å². The molecule has 0 aliphatic carbocycles. The zero-order valence-electron chi connectivity index (χ0n) is 12.4. The molecule has 23 heavy (non-hydrogen) atoms. The number of nitrogens with zero attached hydrogens (tertiary/aromatic N) is 1. The molecule has 0 spiro atoms. The molecular weight excluding hydrogens is 340 g/mol. The van der Waals surface area contributed by atoms with Crippen molar-refractivity contribution < 1.29 is 19.1 Å². The summed E-state index contributed by atoms with van der Waals surface area (Å²) in [6, 6.07) is 7.17. The monoisotopic (exact) mass is 356 g/mol. The van der Waals surface area contributed by atoms with Gasteiger partial charge in [0.1, 0.15) is 0 Å². The number of carbonyl (C=O) groups is 3. The average Bonchev–Trinajstić information content (AvgIpc) is 2.95. The van der Waals surface area contributed by atoms with Crippen LogP contribution in [0.15, 0.2) is 24.3 Å². The summed E-state index contributed by atoms with van der Waals surface area (Å²) in [5.74, 6) is -0.146. The van der Waals surface area contributed by atoms with Gasteiger partial charge in [-0.25, -0.2) is 0 Å². The molecule has 2 amide bonds. The summed E-state index contributed by atoms with van der Waals surface area (Å²) < 4.78 is 4.89. The first kappa shape index (κ1) is 17.6. The summed E-state index contributed by atoms with van der Waals surface area (Å²) >= 11 is 7.22. The van der Waals surface area contributed by atoms with Crippen molar-refractivity contribution in [2.45, 2.75) is 13.0 Å². The van der Waals surface area contributed by atoms with Gasteiger partial charge in [-0.2, -0.15) is 0 Å². The molecular formula is C15H17ClN2O4S. The van der Waals surface area contributed by atoms with Gasteiger partial charge in [0.25, 0.3) is 11.1 Å². The van der Waals surface area contributed by atoms with Crippen molar-refractivity contribution in [2.24, 2.45) is 0 Å². The molecule has 1 fully saturated rings. The van der Waals surface area contributed by atoms with Gasteiger partial charge in [-0.1, -0.05) is 41.6 Å². The van der Waals surface area contributed by atoms with Crippen LogP contribution in [-0.2, 0) is 20.9 Å². The number of hydrogen-bond acceptors (Lipinski definition) is 5. The van der Waals surface area contributed by atoms with E-state index in [-0.39, 0.29) is 24.8 Å². The molecule has 1 aromatic carbocycles. The van der Waals surface area contributed by atoms with Crippen LogP contribution in [0.2, 0.25) is 5.02 Å². The molecule has 0 atom stereocenters. The van der Waals surface area contributed by atoms with Gasteiger partial charge in [0.2, 0.25) is 0 Å². The fourth-order valence-corrected chi connectivity index (χ4v) is 3.01. The zero-order chi connectivity index (χ0) is 16.7. The van der Waals surface area contributed by atoms with E-state index in [1.807, 2.05) is 6.07 Å². The molecule has 0 radical (unpaired) electrons. The van der Waals surface area contributed by atoms with Crippen LogP contribution in [0.3, 0.4) is 0 Å². The van der Waals surface area contributed by atoms with Crippen LogP contribution < -0.4 is 5.32 Å². The van der Waals surface area contributed by atoms with Crippen molar-refractivity contribution in [1.29, 1.82) is 0 Å². The van der Waals surface area contributed by atoms with Crippen LogP contribution in [-0.4, -0.2) is 47.5 Å². The standard InChI is InChI=1S/C15H17ClN2O4S/c16-12-4-2-1-3-11(12)9-17-13(19)10-22-14(20)5-6-18-7-8-23-15(18)21/h1-4H,5-10H2,(H,17,19). The number of hydrogen-bond donors (Lipinski definition) is 1. The van der Waals surface area contributed by atoms with Gasteiger partial charge >= 0.3 is 5.97 Å². The summed E-state index contributed by atoms with van der Waals surface area (Å²) in [6.45, 7) is 0.905. The Morgan fingerprint density at radius 3 is 2.83 bits per heavy atom. The lowest BCUT2D eigenvalue weighted by Gasteiger charge is -2.13. The van der Waals surface area contributed by atoms with E-state index in [1.165, 1.54) is 11.8 Å². The fourth-order valence-electron chi connectivity index (χ4n) is 1.96. The number of rotatable bonds is 7. The van der Waals surface area contributed by atoms with Gasteiger partial charge in [-0.15, -0.1) is 0 Å². The molecule has 1 aliphatic rings. The molecule has 1 heterocycles. The van der Waals surface area contributed by atoms with Crippen LogP contribution in [0.5, 0.6) is 0 Å². The first-order valence-corrected chi connectivity index (χ1v) is 8.50. The second kappa shape index (κ2) is 8.79. The van der Waals surface area contributed by atoms with E-state index in [0.29, 0.717) is 18.1 Å². The van der Waals surface area contributed by atoms with Crippen LogP contribution in [0.4, 0.5) is 4.79 Å². The van der Waals surface area contributed by atoms with Crippen molar-refractivity contribution in [1.82, 2.24) is 10.2 Å². The minimum Gasteiger partial charge on any atom is -0.456 e. The van der Waals surface area contributed by atoms with Crippen LogP contribution >= 0.6 is 23.4 Å². The Morgan fingerprint density at radius 1 is 1.35 bits per heavy atom. The molecule has 1 aromatic rings. The Balaban J connectivity index is 1.63. The number of amides is 2. The highest BCUT2D eigenvalue weighted by Crippen LogP contribution is 2.17. The SMILES string of the molecule is O=C(COC(=O)CCN1CCSC1=O)NCc1ccccc1Cl. The number of nitrogens with one attached hydrogen (secondary N) is 1. The number of ether oxygens (including phenoxy) is 1.